The number of nitrogens with one attached hydrogen (secondary N) is 1. The molecule has 2 aliphatic rings. The first-order valence-corrected chi connectivity index (χ1v) is 9.21. The number of carbonyl (C=O) groups excluding carboxylic acids is 1. The molecule has 1 aliphatic heterocycles. The van der Waals surface area contributed by atoms with Crippen LogP contribution in [0.5, 0.6) is 0 Å². The maximum absolute atomic E-state index is 12.3. The first-order valence-electron chi connectivity index (χ1n) is 8.39. The Morgan fingerprint density at radius 3 is 3.00 bits per heavy atom. The van der Waals surface area contributed by atoms with E-state index in [0.29, 0.717) is 16.6 Å². The van der Waals surface area contributed by atoms with Crippen LogP contribution in [0.3, 0.4) is 0 Å². The molecule has 1 N–H and O–H groups in total. The Morgan fingerprint density at radius 1 is 1.44 bits per heavy atom. The number of aromatic nitrogens is 3. The molecule has 2 aromatic heterocycles. The molecule has 7 heteroatoms. The normalized spacial score (nSPS) is 20.6. The molecule has 2 fully saturated rings. The fourth-order valence-electron chi connectivity index (χ4n) is 2.99. The van der Waals surface area contributed by atoms with E-state index < -0.39 is 0 Å². The fourth-order valence-corrected chi connectivity index (χ4v) is 3.79. The standard InChI is InChI=1S/C18H19N5OS/c1-3-5-13-11(4-2)8-9-23(13)15-14-17(20-10-19-15)25-18(22-14)16(24)21-12-6-7-12/h3-5,10,12H,1,6-9H2,2H3,(H,21,24)/b11-4-,13-5?. The number of thiazole rings is 1. The highest BCUT2D eigenvalue weighted by Crippen LogP contribution is 2.35. The second-order valence-electron chi connectivity index (χ2n) is 6.12. The molecule has 1 saturated carbocycles. The van der Waals surface area contributed by atoms with E-state index in [0.717, 1.165) is 42.2 Å². The highest BCUT2D eigenvalue weighted by Gasteiger charge is 2.28. The lowest BCUT2D eigenvalue weighted by Gasteiger charge is -2.18. The van der Waals surface area contributed by atoms with Gasteiger partial charge < -0.3 is 10.2 Å². The van der Waals surface area contributed by atoms with E-state index in [1.807, 2.05) is 13.0 Å². The summed E-state index contributed by atoms with van der Waals surface area (Å²) in [5.41, 5.74) is 3.02. The van der Waals surface area contributed by atoms with E-state index in [9.17, 15) is 4.79 Å². The van der Waals surface area contributed by atoms with Crippen LogP contribution in [-0.4, -0.2) is 33.4 Å². The molecule has 6 nitrogen and oxygen atoms in total. The van der Waals surface area contributed by atoms with Crippen molar-refractivity contribution in [2.75, 3.05) is 11.4 Å². The minimum absolute atomic E-state index is 0.117. The van der Waals surface area contributed by atoms with Gasteiger partial charge in [0.05, 0.1) is 0 Å². The average molecular weight is 353 g/mol. The van der Waals surface area contributed by atoms with E-state index in [-0.39, 0.29) is 5.91 Å². The Hall–Kier alpha value is -2.54. The summed E-state index contributed by atoms with van der Waals surface area (Å²) < 4.78 is 0. The molecule has 2 aromatic rings. The zero-order valence-corrected chi connectivity index (χ0v) is 14.8. The first kappa shape index (κ1) is 16.0. The molecule has 0 aromatic carbocycles. The number of hydrogen-bond donors (Lipinski definition) is 1. The van der Waals surface area contributed by atoms with Crippen LogP contribution in [0.1, 0.15) is 36.0 Å². The summed E-state index contributed by atoms with van der Waals surface area (Å²) in [6.45, 7) is 6.68. The number of carbonyl (C=O) groups is 1. The van der Waals surface area contributed by atoms with Gasteiger partial charge in [0.2, 0.25) is 0 Å². The third-order valence-electron chi connectivity index (χ3n) is 4.39. The molecule has 1 aliphatic carbocycles. The van der Waals surface area contributed by atoms with Gasteiger partial charge in [-0.25, -0.2) is 15.0 Å². The molecule has 0 bridgehead atoms. The average Bonchev–Trinajstić information content (AvgIpc) is 3.18. The first-order chi connectivity index (χ1) is 12.2. The lowest BCUT2D eigenvalue weighted by molar-refractivity contribution is 0.0951. The van der Waals surface area contributed by atoms with E-state index in [1.54, 1.807) is 6.08 Å². The second-order valence-corrected chi connectivity index (χ2v) is 7.10. The highest BCUT2D eigenvalue weighted by atomic mass is 32.1. The lowest BCUT2D eigenvalue weighted by Crippen LogP contribution is -2.25. The van der Waals surface area contributed by atoms with Crippen LogP contribution >= 0.6 is 11.3 Å². The summed E-state index contributed by atoms with van der Waals surface area (Å²) in [7, 11) is 0. The van der Waals surface area contributed by atoms with Gasteiger partial charge in [-0.1, -0.05) is 30.1 Å². The van der Waals surface area contributed by atoms with Crippen molar-refractivity contribution in [3.63, 3.8) is 0 Å². The van der Waals surface area contributed by atoms with Gasteiger partial charge in [0.1, 0.15) is 16.7 Å². The Labute approximate surface area is 150 Å². The molecule has 1 amide bonds. The van der Waals surface area contributed by atoms with Crippen LogP contribution in [0.4, 0.5) is 5.82 Å². The maximum atomic E-state index is 12.3. The Kier molecular flexibility index (Phi) is 4.09. The number of allylic oxidation sites excluding steroid dienone is 4. The molecule has 0 atom stereocenters. The molecule has 3 heterocycles. The monoisotopic (exact) mass is 353 g/mol. The number of fused-ring (bicyclic) bond motifs is 1. The van der Waals surface area contributed by atoms with Crippen molar-refractivity contribution in [1.29, 1.82) is 0 Å². The lowest BCUT2D eigenvalue weighted by atomic mass is 10.1. The highest BCUT2D eigenvalue weighted by molar-refractivity contribution is 7.19. The largest absolute Gasteiger partial charge is 0.347 e. The topological polar surface area (TPSA) is 71.0 Å². The molecule has 1 saturated heterocycles. The molecule has 0 radical (unpaired) electrons. The van der Waals surface area contributed by atoms with Crippen LogP contribution in [-0.2, 0) is 0 Å². The van der Waals surface area contributed by atoms with Gasteiger partial charge in [0.25, 0.3) is 5.91 Å². The summed E-state index contributed by atoms with van der Waals surface area (Å²) in [6.07, 6.45) is 10.5. The zero-order chi connectivity index (χ0) is 17.4. The predicted molar refractivity (Wildman–Crippen MR) is 99.7 cm³/mol. The Bertz CT molecular complexity index is 909. The van der Waals surface area contributed by atoms with E-state index in [4.69, 9.17) is 0 Å². The third kappa shape index (κ3) is 2.95. The quantitative estimate of drug-likeness (QED) is 0.914. The second kappa shape index (κ2) is 6.40. The van der Waals surface area contributed by atoms with Crippen LogP contribution in [0.2, 0.25) is 0 Å². The Morgan fingerprint density at radius 2 is 2.28 bits per heavy atom. The van der Waals surface area contributed by atoms with Gasteiger partial charge in [-0.2, -0.15) is 0 Å². The van der Waals surface area contributed by atoms with Gasteiger partial charge in [0.15, 0.2) is 10.8 Å². The van der Waals surface area contributed by atoms with Crippen molar-refractivity contribution in [1.82, 2.24) is 20.3 Å². The van der Waals surface area contributed by atoms with Gasteiger partial charge >= 0.3 is 0 Å². The summed E-state index contributed by atoms with van der Waals surface area (Å²) in [5, 5.41) is 3.43. The van der Waals surface area contributed by atoms with Crippen LogP contribution in [0, 0.1) is 0 Å². The van der Waals surface area contributed by atoms with Crippen LogP contribution < -0.4 is 10.2 Å². The van der Waals surface area contributed by atoms with Crippen LogP contribution in [0.15, 0.2) is 42.4 Å². The number of rotatable bonds is 4. The minimum Gasteiger partial charge on any atom is -0.347 e. The summed E-state index contributed by atoms with van der Waals surface area (Å²) in [5.74, 6) is 0.630. The van der Waals surface area contributed by atoms with Crippen molar-refractivity contribution in [2.24, 2.45) is 0 Å². The molecule has 25 heavy (non-hydrogen) atoms. The summed E-state index contributed by atoms with van der Waals surface area (Å²) >= 11 is 1.31. The van der Waals surface area contributed by atoms with E-state index in [2.05, 4.69) is 37.8 Å². The zero-order valence-electron chi connectivity index (χ0n) is 14.0. The van der Waals surface area contributed by atoms with E-state index >= 15 is 0 Å². The van der Waals surface area contributed by atoms with Crippen LogP contribution in [0.25, 0.3) is 10.3 Å². The molecule has 0 unspecified atom stereocenters. The fraction of sp³-hybridized carbons (Fsp3) is 0.333. The van der Waals surface area contributed by atoms with Crippen molar-refractivity contribution in [2.45, 2.75) is 32.2 Å². The maximum Gasteiger partial charge on any atom is 0.280 e. The van der Waals surface area contributed by atoms with Crippen molar-refractivity contribution < 1.29 is 4.79 Å². The van der Waals surface area contributed by atoms with Crippen molar-refractivity contribution >= 4 is 33.4 Å². The number of hydrogen-bond acceptors (Lipinski definition) is 6. The van der Waals surface area contributed by atoms with Crippen molar-refractivity contribution in [3.05, 3.63) is 47.4 Å². The molecule has 128 valence electrons. The van der Waals surface area contributed by atoms with Gasteiger partial charge in [-0.15, -0.1) is 0 Å². The summed E-state index contributed by atoms with van der Waals surface area (Å²) in [4.78, 5) is 28.5. The minimum atomic E-state index is -0.117. The number of nitrogens with zero attached hydrogens (tertiary/aromatic N) is 4. The van der Waals surface area contributed by atoms with E-state index in [1.165, 1.54) is 23.2 Å². The predicted octanol–water partition coefficient (Wildman–Crippen LogP) is 3.20. The van der Waals surface area contributed by atoms with Gasteiger partial charge in [-0.3, -0.25) is 4.79 Å². The van der Waals surface area contributed by atoms with Crippen molar-refractivity contribution in [3.8, 4) is 0 Å². The smallest absolute Gasteiger partial charge is 0.280 e. The molecular weight excluding hydrogens is 334 g/mol. The SMILES string of the molecule is C=CC=C1/C(=C\C)CCN1c1ncnc2sc(C(=O)NC3CC3)nc12. The Balaban J connectivity index is 1.74. The van der Waals surface area contributed by atoms with Gasteiger partial charge in [0, 0.05) is 18.3 Å². The third-order valence-corrected chi connectivity index (χ3v) is 5.35. The molecular formula is C18H19N5OS. The molecule has 4 rings (SSSR count). The van der Waals surface area contributed by atoms with Gasteiger partial charge in [-0.05, 0) is 37.8 Å². The summed E-state index contributed by atoms with van der Waals surface area (Å²) in [6, 6.07) is 0.308. The number of anilines is 1. The number of amides is 1. The molecule has 0 spiro atoms.